The highest BCUT2D eigenvalue weighted by molar-refractivity contribution is 5.50. The summed E-state index contributed by atoms with van der Waals surface area (Å²) in [6.45, 7) is 10.0. The van der Waals surface area contributed by atoms with E-state index in [4.69, 9.17) is 5.73 Å². The Kier molecular flexibility index (Phi) is 226. The predicted molar refractivity (Wildman–Crippen MR) is 41.2 cm³/mol. The molecule has 0 atom stereocenters. The fourth-order valence-corrected chi connectivity index (χ4v) is 0. The van der Waals surface area contributed by atoms with Crippen molar-refractivity contribution in [3.8, 4) is 0 Å². The Morgan fingerprint density at radius 3 is 1.50 bits per heavy atom. The molecule has 0 heterocycles. The number of nitrogens with zero attached hydrogens (tertiary/aromatic N) is 1. The lowest BCUT2D eigenvalue weighted by atomic mass is 11.0. The minimum atomic E-state index is 1.25. The molecule has 0 radical (unpaired) electrons. The second-order valence-electron chi connectivity index (χ2n) is 0.407. The summed E-state index contributed by atoms with van der Waals surface area (Å²) >= 11 is 0. The molecule has 0 spiro atoms. The molecule has 0 aromatic rings. The SMILES string of the molecule is C=C.CC.CN=CN. The van der Waals surface area contributed by atoms with Crippen LogP contribution in [0.3, 0.4) is 0 Å². The Hall–Kier alpha value is -0.790. The molecule has 0 bridgehead atoms. The van der Waals surface area contributed by atoms with Gasteiger partial charge in [-0.1, -0.05) is 13.8 Å². The third kappa shape index (κ3) is 2090. The minimum absolute atomic E-state index is 1.25. The van der Waals surface area contributed by atoms with E-state index in [0.29, 0.717) is 0 Å². The van der Waals surface area contributed by atoms with Crippen molar-refractivity contribution in [3.05, 3.63) is 13.2 Å². The molecule has 0 saturated carbocycles. The van der Waals surface area contributed by atoms with Gasteiger partial charge in [0.2, 0.25) is 0 Å². The van der Waals surface area contributed by atoms with Gasteiger partial charge in [0.05, 0.1) is 6.34 Å². The molecular formula is C6H16N2. The van der Waals surface area contributed by atoms with Gasteiger partial charge in [-0.05, 0) is 0 Å². The number of hydrogen-bond acceptors (Lipinski definition) is 1. The Labute approximate surface area is 52.1 Å². The van der Waals surface area contributed by atoms with Crippen molar-refractivity contribution in [3.63, 3.8) is 0 Å². The van der Waals surface area contributed by atoms with Crippen LogP contribution in [-0.2, 0) is 0 Å². The van der Waals surface area contributed by atoms with Crippen molar-refractivity contribution in [1.29, 1.82) is 0 Å². The molecule has 0 unspecified atom stereocenters. The molecule has 8 heavy (non-hydrogen) atoms. The van der Waals surface area contributed by atoms with E-state index in [2.05, 4.69) is 18.2 Å². The lowest BCUT2D eigenvalue weighted by Gasteiger charge is -1.55. The standard InChI is InChI=1S/C2H6N2.C2H6.C2H4/c1-4-2-3;2*1-2/h2H,1H3,(H2,3,4);1-2H3;1-2H2. The van der Waals surface area contributed by atoms with Gasteiger partial charge in [0.1, 0.15) is 0 Å². The van der Waals surface area contributed by atoms with Gasteiger partial charge in [0, 0.05) is 7.05 Å². The van der Waals surface area contributed by atoms with Gasteiger partial charge in [0.25, 0.3) is 0 Å². The van der Waals surface area contributed by atoms with Gasteiger partial charge >= 0.3 is 0 Å². The molecule has 0 amide bonds. The zero-order valence-corrected chi connectivity index (χ0v) is 6.02. The van der Waals surface area contributed by atoms with Crippen molar-refractivity contribution in [1.82, 2.24) is 0 Å². The Balaban J connectivity index is -0.0000000542. The van der Waals surface area contributed by atoms with Gasteiger partial charge in [0.15, 0.2) is 0 Å². The quantitative estimate of drug-likeness (QED) is 0.290. The van der Waals surface area contributed by atoms with Gasteiger partial charge in [-0.25, -0.2) is 0 Å². The van der Waals surface area contributed by atoms with E-state index in [1.54, 1.807) is 7.05 Å². The maximum atomic E-state index is 4.74. The molecule has 0 rings (SSSR count). The first kappa shape index (κ1) is 15.7. The van der Waals surface area contributed by atoms with Gasteiger partial charge in [-0.2, -0.15) is 0 Å². The van der Waals surface area contributed by atoms with E-state index < -0.39 is 0 Å². The van der Waals surface area contributed by atoms with Crippen molar-refractivity contribution >= 4 is 6.34 Å². The zero-order chi connectivity index (χ0) is 7.41. The number of hydrogen-bond donors (Lipinski definition) is 1. The summed E-state index contributed by atoms with van der Waals surface area (Å²) in [6, 6.07) is 0. The second-order valence-corrected chi connectivity index (χ2v) is 0.407. The fraction of sp³-hybridized carbons (Fsp3) is 0.500. The highest BCUT2D eigenvalue weighted by Crippen LogP contribution is 1.29. The van der Waals surface area contributed by atoms with Crippen molar-refractivity contribution < 1.29 is 0 Å². The summed E-state index contributed by atoms with van der Waals surface area (Å²) in [5.74, 6) is 0. The van der Waals surface area contributed by atoms with Crippen LogP contribution in [0.1, 0.15) is 13.8 Å². The van der Waals surface area contributed by atoms with Crippen molar-refractivity contribution in [2.24, 2.45) is 10.7 Å². The van der Waals surface area contributed by atoms with E-state index in [9.17, 15) is 0 Å². The molecular weight excluding hydrogens is 100 g/mol. The topological polar surface area (TPSA) is 38.4 Å². The molecule has 0 aliphatic rings. The van der Waals surface area contributed by atoms with E-state index in [-0.39, 0.29) is 0 Å². The Morgan fingerprint density at radius 2 is 1.50 bits per heavy atom. The van der Waals surface area contributed by atoms with Gasteiger partial charge < -0.3 is 5.73 Å². The first-order valence-corrected chi connectivity index (χ1v) is 2.54. The average Bonchev–Trinajstić information content (AvgIpc) is 1.96. The van der Waals surface area contributed by atoms with Crippen LogP contribution >= 0.6 is 0 Å². The maximum absolute atomic E-state index is 4.74. The molecule has 0 fully saturated rings. The molecule has 0 aliphatic heterocycles. The number of nitrogens with two attached hydrogens (primary N) is 1. The maximum Gasteiger partial charge on any atom is 0.0794 e. The third-order valence-electron chi connectivity index (χ3n) is 0.149. The lowest BCUT2D eigenvalue weighted by molar-refractivity contribution is 1.45. The van der Waals surface area contributed by atoms with Gasteiger partial charge in [-0.15, -0.1) is 13.2 Å². The molecule has 0 aliphatic carbocycles. The number of aliphatic imine (C=N–C) groups is 1. The molecule has 50 valence electrons. The summed E-state index contributed by atoms with van der Waals surface area (Å²) in [5.41, 5.74) is 4.74. The molecule has 0 aromatic carbocycles. The van der Waals surface area contributed by atoms with Crippen LogP contribution in [0, 0.1) is 0 Å². The van der Waals surface area contributed by atoms with Crippen LogP contribution in [0.15, 0.2) is 18.2 Å². The summed E-state index contributed by atoms with van der Waals surface area (Å²) in [7, 11) is 1.62. The first-order chi connectivity index (χ1) is 3.91. The average molecular weight is 116 g/mol. The summed E-state index contributed by atoms with van der Waals surface area (Å²) in [6.07, 6.45) is 1.25. The van der Waals surface area contributed by atoms with Crippen LogP contribution in [-0.4, -0.2) is 13.4 Å². The largest absolute Gasteiger partial charge is 0.390 e. The fourth-order valence-electron chi connectivity index (χ4n) is 0. The normalized spacial score (nSPS) is 5.88. The highest BCUT2D eigenvalue weighted by atomic mass is 14.7. The van der Waals surface area contributed by atoms with Crippen LogP contribution in [0.2, 0.25) is 0 Å². The summed E-state index contributed by atoms with van der Waals surface area (Å²) < 4.78 is 0. The van der Waals surface area contributed by atoms with E-state index in [0.717, 1.165) is 0 Å². The first-order valence-electron chi connectivity index (χ1n) is 2.54. The molecule has 2 nitrogen and oxygen atoms in total. The second kappa shape index (κ2) is 115. The van der Waals surface area contributed by atoms with Crippen molar-refractivity contribution in [2.75, 3.05) is 7.05 Å². The van der Waals surface area contributed by atoms with Crippen LogP contribution in [0.25, 0.3) is 0 Å². The Morgan fingerprint density at radius 1 is 1.38 bits per heavy atom. The Bertz CT molecular complexity index is 29.5. The smallest absolute Gasteiger partial charge is 0.0794 e. The number of rotatable bonds is 0. The highest BCUT2D eigenvalue weighted by Gasteiger charge is 1.30. The molecule has 0 saturated heterocycles. The van der Waals surface area contributed by atoms with Crippen molar-refractivity contribution in [2.45, 2.75) is 13.8 Å². The van der Waals surface area contributed by atoms with E-state index >= 15 is 0 Å². The van der Waals surface area contributed by atoms with Crippen LogP contribution < -0.4 is 5.73 Å². The third-order valence-corrected chi connectivity index (χ3v) is 0.149. The van der Waals surface area contributed by atoms with Crippen LogP contribution in [0.4, 0.5) is 0 Å². The van der Waals surface area contributed by atoms with E-state index in [1.165, 1.54) is 6.34 Å². The zero-order valence-electron chi connectivity index (χ0n) is 6.02. The molecule has 2 N–H and O–H groups in total. The minimum Gasteiger partial charge on any atom is -0.390 e. The molecule has 0 aromatic heterocycles. The summed E-state index contributed by atoms with van der Waals surface area (Å²) in [4.78, 5) is 3.39. The lowest BCUT2D eigenvalue weighted by Crippen LogP contribution is -1.84. The monoisotopic (exact) mass is 116 g/mol. The van der Waals surface area contributed by atoms with Gasteiger partial charge in [-0.3, -0.25) is 4.99 Å². The summed E-state index contributed by atoms with van der Waals surface area (Å²) in [5, 5.41) is 0. The van der Waals surface area contributed by atoms with Crippen LogP contribution in [0.5, 0.6) is 0 Å². The predicted octanol–water partition coefficient (Wildman–Crippen LogP) is 1.43. The molecule has 2 heteroatoms. The van der Waals surface area contributed by atoms with E-state index in [1.807, 2.05) is 13.8 Å².